The number of nitrogens with one attached hydrogen (secondary N) is 1. The molecule has 0 atom stereocenters. The molecule has 4 rings (SSSR count). The van der Waals surface area contributed by atoms with E-state index in [-0.39, 0.29) is 23.8 Å². The molecule has 3 aromatic rings. The van der Waals surface area contributed by atoms with Gasteiger partial charge in [-0.3, -0.25) is 15.0 Å². The third-order valence-electron chi connectivity index (χ3n) is 5.13. The van der Waals surface area contributed by atoms with Gasteiger partial charge in [0.25, 0.3) is 11.8 Å². The molecule has 2 amide bonds. The van der Waals surface area contributed by atoms with Crippen molar-refractivity contribution in [3.05, 3.63) is 82.9 Å². The minimum Gasteiger partial charge on any atom is -0.497 e. The predicted molar refractivity (Wildman–Crippen MR) is 132 cm³/mol. The molecule has 1 aliphatic rings. The number of methoxy groups -OCH3 is 2. The first-order valence-electron chi connectivity index (χ1n) is 10.7. The summed E-state index contributed by atoms with van der Waals surface area (Å²) in [5, 5.41) is 1.47. The quantitative estimate of drug-likeness (QED) is 0.271. The molecule has 0 aliphatic carbocycles. The number of carbonyl (C=O) groups is 2. The van der Waals surface area contributed by atoms with Crippen molar-refractivity contribution in [3.8, 4) is 23.0 Å². The van der Waals surface area contributed by atoms with Crippen LogP contribution in [0.4, 0.5) is 5.69 Å². The normalized spacial score (nSPS) is 14.1. The van der Waals surface area contributed by atoms with E-state index in [2.05, 4.69) is 5.43 Å². The molecule has 0 saturated carbocycles. The van der Waals surface area contributed by atoms with Crippen LogP contribution in [-0.4, -0.2) is 39.2 Å². The van der Waals surface area contributed by atoms with Gasteiger partial charge < -0.3 is 18.9 Å². The number of halogens is 1. The highest BCUT2D eigenvalue weighted by atomic mass is 35.5. The summed E-state index contributed by atoms with van der Waals surface area (Å²) >= 11 is 6.44. The molecule has 0 aromatic heterocycles. The Balaban J connectivity index is 1.44. The van der Waals surface area contributed by atoms with Gasteiger partial charge in [0, 0.05) is 0 Å². The summed E-state index contributed by atoms with van der Waals surface area (Å²) in [7, 11) is 3.08. The van der Waals surface area contributed by atoms with E-state index in [4.69, 9.17) is 30.5 Å². The molecule has 0 unspecified atom stereocenters. The molecule has 0 spiro atoms. The summed E-state index contributed by atoms with van der Waals surface area (Å²) in [6.45, 7) is 0.497. The number of hydrogen-bond acceptors (Lipinski definition) is 6. The van der Waals surface area contributed by atoms with Gasteiger partial charge in [-0.25, -0.2) is 5.01 Å². The maximum Gasteiger partial charge on any atom is 0.282 e. The molecular formula is C26H23ClN2O6. The van der Waals surface area contributed by atoms with Gasteiger partial charge in [0.15, 0.2) is 11.5 Å². The molecule has 1 N–H and O–H groups in total. The van der Waals surface area contributed by atoms with Crippen molar-refractivity contribution in [1.29, 1.82) is 0 Å². The smallest absolute Gasteiger partial charge is 0.282 e. The van der Waals surface area contributed by atoms with Crippen molar-refractivity contribution in [2.45, 2.75) is 0 Å². The lowest BCUT2D eigenvalue weighted by Crippen LogP contribution is -2.35. The number of rotatable bonds is 9. The highest BCUT2D eigenvalue weighted by Gasteiger charge is 2.34. The summed E-state index contributed by atoms with van der Waals surface area (Å²) in [5.41, 5.74) is 3.62. The van der Waals surface area contributed by atoms with Crippen LogP contribution in [-0.2, 0) is 9.59 Å². The van der Waals surface area contributed by atoms with Crippen LogP contribution in [0.1, 0.15) is 5.56 Å². The van der Waals surface area contributed by atoms with Crippen molar-refractivity contribution < 1.29 is 28.5 Å². The second-order valence-electron chi connectivity index (χ2n) is 7.38. The van der Waals surface area contributed by atoms with E-state index in [1.807, 2.05) is 6.07 Å². The highest BCUT2D eigenvalue weighted by Crippen LogP contribution is 2.37. The Bertz CT molecular complexity index is 1240. The number of benzene rings is 3. The molecule has 35 heavy (non-hydrogen) atoms. The fourth-order valence-corrected chi connectivity index (χ4v) is 3.69. The second-order valence-corrected chi connectivity index (χ2v) is 7.79. The Morgan fingerprint density at radius 2 is 1.57 bits per heavy atom. The maximum atomic E-state index is 12.8. The van der Waals surface area contributed by atoms with E-state index in [0.717, 1.165) is 5.75 Å². The minimum absolute atomic E-state index is 0.0199. The first kappa shape index (κ1) is 24.0. The summed E-state index contributed by atoms with van der Waals surface area (Å²) in [6.07, 6.45) is 1.46. The van der Waals surface area contributed by atoms with Crippen LogP contribution in [0.5, 0.6) is 23.0 Å². The lowest BCUT2D eigenvalue weighted by atomic mass is 10.1. The number of hydrazine groups is 1. The number of carbonyl (C=O) groups excluding carboxylic acids is 2. The summed E-state index contributed by atoms with van der Waals surface area (Å²) in [6, 6.07) is 19.3. The van der Waals surface area contributed by atoms with Crippen molar-refractivity contribution in [2.24, 2.45) is 0 Å². The Morgan fingerprint density at radius 1 is 0.886 bits per heavy atom. The van der Waals surface area contributed by atoms with Crippen LogP contribution < -0.4 is 29.4 Å². The van der Waals surface area contributed by atoms with Gasteiger partial charge in [-0.05, 0) is 60.2 Å². The number of amides is 2. The maximum absolute atomic E-state index is 12.8. The Hall–Kier alpha value is -4.17. The van der Waals surface area contributed by atoms with Crippen LogP contribution in [0.2, 0.25) is 5.02 Å². The molecule has 3 aromatic carbocycles. The van der Waals surface area contributed by atoms with Crippen molar-refractivity contribution in [3.63, 3.8) is 0 Å². The van der Waals surface area contributed by atoms with Gasteiger partial charge in [0.1, 0.15) is 30.3 Å². The second kappa shape index (κ2) is 10.8. The van der Waals surface area contributed by atoms with Crippen molar-refractivity contribution >= 4 is 35.2 Å². The number of ether oxygens (including phenoxy) is 4. The fourth-order valence-electron chi connectivity index (χ4n) is 3.42. The van der Waals surface area contributed by atoms with Gasteiger partial charge in [-0.2, -0.15) is 0 Å². The molecular weight excluding hydrogens is 472 g/mol. The molecule has 9 heteroatoms. The highest BCUT2D eigenvalue weighted by molar-refractivity contribution is 6.33. The molecule has 1 aliphatic heterocycles. The molecule has 8 nitrogen and oxygen atoms in total. The van der Waals surface area contributed by atoms with E-state index >= 15 is 0 Å². The van der Waals surface area contributed by atoms with E-state index < -0.39 is 11.8 Å². The Morgan fingerprint density at radius 3 is 2.26 bits per heavy atom. The zero-order chi connectivity index (χ0) is 24.8. The third-order valence-corrected chi connectivity index (χ3v) is 5.41. The van der Waals surface area contributed by atoms with E-state index in [9.17, 15) is 9.59 Å². The lowest BCUT2D eigenvalue weighted by Gasteiger charge is -2.14. The Labute approximate surface area is 207 Å². The van der Waals surface area contributed by atoms with Crippen LogP contribution in [0, 0.1) is 0 Å². The molecule has 180 valence electrons. The monoisotopic (exact) mass is 494 g/mol. The average molecular weight is 495 g/mol. The van der Waals surface area contributed by atoms with Crippen LogP contribution in [0.25, 0.3) is 6.08 Å². The molecule has 1 saturated heterocycles. The van der Waals surface area contributed by atoms with Crippen molar-refractivity contribution in [1.82, 2.24) is 5.43 Å². The van der Waals surface area contributed by atoms with Gasteiger partial charge in [0.2, 0.25) is 0 Å². The lowest BCUT2D eigenvalue weighted by molar-refractivity contribution is -0.117. The number of para-hydroxylation sites is 1. The predicted octanol–water partition coefficient (Wildman–Crippen LogP) is 4.28. The number of hydrogen-bond donors (Lipinski definition) is 1. The SMILES string of the molecule is COc1ccc(OCCOc2c(Cl)cc(/C=C3\C(=O)NN(c4ccccc4)C3=O)cc2OC)cc1. The number of anilines is 1. The molecule has 0 radical (unpaired) electrons. The molecule has 1 heterocycles. The van der Waals surface area contributed by atoms with E-state index in [1.54, 1.807) is 67.8 Å². The third kappa shape index (κ3) is 5.50. The van der Waals surface area contributed by atoms with Gasteiger partial charge in [-0.15, -0.1) is 0 Å². The zero-order valence-electron chi connectivity index (χ0n) is 19.1. The van der Waals surface area contributed by atoms with E-state index in [1.165, 1.54) is 18.2 Å². The van der Waals surface area contributed by atoms with Crippen LogP contribution >= 0.6 is 11.6 Å². The summed E-state index contributed by atoms with van der Waals surface area (Å²) in [5.74, 6) is 1.14. The molecule has 1 fully saturated rings. The molecule has 0 bridgehead atoms. The first-order valence-corrected chi connectivity index (χ1v) is 11.1. The van der Waals surface area contributed by atoms with Crippen LogP contribution in [0.15, 0.2) is 72.3 Å². The average Bonchev–Trinajstić information content (AvgIpc) is 3.16. The van der Waals surface area contributed by atoms with Gasteiger partial charge in [0.05, 0.1) is 24.9 Å². The largest absolute Gasteiger partial charge is 0.497 e. The van der Waals surface area contributed by atoms with Crippen molar-refractivity contribution in [2.75, 3.05) is 32.4 Å². The summed E-state index contributed by atoms with van der Waals surface area (Å²) < 4.78 is 22.0. The van der Waals surface area contributed by atoms with E-state index in [0.29, 0.717) is 28.5 Å². The standard InChI is InChI=1S/C26H23ClN2O6/c1-32-19-8-10-20(11-9-19)34-12-13-35-24-22(27)15-17(16-23(24)33-2)14-21-25(30)28-29(26(21)31)18-6-4-3-5-7-18/h3-11,14-16H,12-13H2,1-2H3,(H,28,30)/b21-14+. The zero-order valence-corrected chi connectivity index (χ0v) is 19.9. The van der Waals surface area contributed by atoms with Gasteiger partial charge in [-0.1, -0.05) is 29.8 Å². The summed E-state index contributed by atoms with van der Waals surface area (Å²) in [4.78, 5) is 25.3. The topological polar surface area (TPSA) is 86.3 Å². The van der Waals surface area contributed by atoms with Gasteiger partial charge >= 0.3 is 0 Å². The Kier molecular flexibility index (Phi) is 7.42. The first-order chi connectivity index (χ1) is 17.0. The number of nitrogens with zero attached hydrogens (tertiary/aromatic N) is 1. The fraction of sp³-hybridized carbons (Fsp3) is 0.154. The van der Waals surface area contributed by atoms with Crippen LogP contribution in [0.3, 0.4) is 0 Å². The minimum atomic E-state index is -0.509.